The zero-order valence-electron chi connectivity index (χ0n) is 19.3. The maximum atomic E-state index is 11.5. The van der Waals surface area contributed by atoms with Crippen LogP contribution >= 0.6 is 0 Å². The van der Waals surface area contributed by atoms with Crippen molar-refractivity contribution >= 4 is 0 Å². The minimum Gasteiger partial charge on any atom is -0.507 e. The highest BCUT2D eigenvalue weighted by atomic mass is 16.3. The topological polar surface area (TPSA) is 40.5 Å². The number of rotatable bonds is 3. The van der Waals surface area contributed by atoms with Crippen LogP contribution in [0.4, 0.5) is 0 Å². The van der Waals surface area contributed by atoms with Gasteiger partial charge in [0.1, 0.15) is 11.5 Å². The SMILES string of the molecule is Cc1cc(-c2cc(C)cc(C3(C)CCCCC3)c2O)c(O)c(C2(C)CCCCC2)c1. The minimum atomic E-state index is 0.0146. The molecule has 2 heteroatoms. The lowest BCUT2D eigenvalue weighted by molar-refractivity contribution is 0.307. The van der Waals surface area contributed by atoms with Crippen molar-refractivity contribution in [1.29, 1.82) is 0 Å². The summed E-state index contributed by atoms with van der Waals surface area (Å²) in [4.78, 5) is 0. The zero-order valence-corrected chi connectivity index (χ0v) is 19.3. The molecule has 2 aliphatic carbocycles. The fraction of sp³-hybridized carbons (Fsp3) is 0.571. The zero-order chi connectivity index (χ0) is 21.5. The summed E-state index contributed by atoms with van der Waals surface area (Å²) >= 11 is 0. The van der Waals surface area contributed by atoms with E-state index in [0.717, 1.165) is 59.1 Å². The van der Waals surface area contributed by atoms with E-state index in [9.17, 15) is 10.2 Å². The highest BCUT2D eigenvalue weighted by molar-refractivity contribution is 5.80. The molecule has 0 radical (unpaired) electrons. The van der Waals surface area contributed by atoms with Crippen molar-refractivity contribution < 1.29 is 10.2 Å². The molecule has 0 atom stereocenters. The van der Waals surface area contributed by atoms with Gasteiger partial charge >= 0.3 is 0 Å². The van der Waals surface area contributed by atoms with Crippen LogP contribution in [0.3, 0.4) is 0 Å². The van der Waals surface area contributed by atoms with E-state index in [1.165, 1.54) is 38.5 Å². The van der Waals surface area contributed by atoms with Crippen LogP contribution in [-0.2, 0) is 10.8 Å². The summed E-state index contributed by atoms with van der Waals surface area (Å²) in [5.74, 6) is 0.733. The number of phenolic OH excluding ortho intramolecular Hbond substituents is 2. The Hall–Kier alpha value is -1.96. The van der Waals surface area contributed by atoms with Gasteiger partial charge < -0.3 is 10.2 Å². The quantitative estimate of drug-likeness (QED) is 0.545. The third kappa shape index (κ3) is 3.74. The Bertz CT molecular complexity index is 851. The highest BCUT2D eigenvalue weighted by Gasteiger charge is 2.35. The second-order valence-corrected chi connectivity index (χ2v) is 10.7. The van der Waals surface area contributed by atoms with Crippen molar-refractivity contribution in [3.8, 4) is 22.6 Å². The van der Waals surface area contributed by atoms with Crippen molar-refractivity contribution in [2.45, 2.75) is 103 Å². The van der Waals surface area contributed by atoms with Gasteiger partial charge in [0.25, 0.3) is 0 Å². The third-order valence-corrected chi connectivity index (χ3v) is 8.01. The number of phenols is 2. The normalized spacial score (nSPS) is 20.8. The lowest BCUT2D eigenvalue weighted by atomic mass is 9.69. The fourth-order valence-electron chi connectivity index (χ4n) is 6.09. The summed E-state index contributed by atoms with van der Waals surface area (Å²) in [5, 5.41) is 22.9. The van der Waals surface area contributed by atoms with Crippen LogP contribution in [0.2, 0.25) is 0 Å². The molecule has 2 fully saturated rings. The molecule has 30 heavy (non-hydrogen) atoms. The molecule has 0 saturated heterocycles. The van der Waals surface area contributed by atoms with Crippen molar-refractivity contribution in [1.82, 2.24) is 0 Å². The number of hydrogen-bond acceptors (Lipinski definition) is 2. The molecule has 2 N–H and O–H groups in total. The Morgan fingerprint density at radius 2 is 0.900 bits per heavy atom. The van der Waals surface area contributed by atoms with E-state index in [1.807, 2.05) is 12.1 Å². The Labute approximate surface area is 182 Å². The summed E-state index contributed by atoms with van der Waals surface area (Å²) in [7, 11) is 0. The maximum absolute atomic E-state index is 11.5. The summed E-state index contributed by atoms with van der Waals surface area (Å²) < 4.78 is 0. The molecule has 162 valence electrons. The van der Waals surface area contributed by atoms with Gasteiger partial charge in [0, 0.05) is 22.3 Å². The second-order valence-electron chi connectivity index (χ2n) is 10.7. The summed E-state index contributed by atoms with van der Waals surface area (Å²) in [5.41, 5.74) is 6.03. The van der Waals surface area contributed by atoms with Crippen molar-refractivity contribution in [2.75, 3.05) is 0 Å². The predicted molar refractivity (Wildman–Crippen MR) is 126 cm³/mol. The Morgan fingerprint density at radius 3 is 1.23 bits per heavy atom. The van der Waals surface area contributed by atoms with Gasteiger partial charge in [-0.2, -0.15) is 0 Å². The molecule has 0 aromatic heterocycles. The number of aromatic hydroxyl groups is 2. The van der Waals surface area contributed by atoms with Crippen LogP contribution in [0.5, 0.6) is 11.5 Å². The molecule has 0 aliphatic heterocycles. The molecule has 2 nitrogen and oxygen atoms in total. The van der Waals surface area contributed by atoms with E-state index in [1.54, 1.807) is 0 Å². The minimum absolute atomic E-state index is 0.0146. The molecule has 0 heterocycles. The second kappa shape index (κ2) is 7.94. The van der Waals surface area contributed by atoms with Crippen LogP contribution in [0.1, 0.15) is 100 Å². The van der Waals surface area contributed by atoms with Crippen LogP contribution < -0.4 is 0 Å². The van der Waals surface area contributed by atoms with Gasteiger partial charge in [-0.15, -0.1) is 0 Å². The van der Waals surface area contributed by atoms with E-state index < -0.39 is 0 Å². The number of hydrogen-bond donors (Lipinski definition) is 2. The Balaban J connectivity index is 1.87. The molecule has 2 saturated carbocycles. The van der Waals surface area contributed by atoms with E-state index in [2.05, 4.69) is 39.8 Å². The number of benzene rings is 2. The molecule has 2 aromatic rings. The van der Waals surface area contributed by atoms with Gasteiger partial charge in [-0.05, 0) is 73.6 Å². The molecular weight excluding hydrogens is 368 g/mol. The first-order valence-electron chi connectivity index (χ1n) is 11.9. The van der Waals surface area contributed by atoms with E-state index in [4.69, 9.17) is 0 Å². The first kappa shape index (κ1) is 21.3. The molecule has 0 unspecified atom stereocenters. The Morgan fingerprint density at radius 1 is 0.567 bits per heavy atom. The van der Waals surface area contributed by atoms with Gasteiger partial charge in [-0.1, -0.05) is 64.5 Å². The molecule has 0 amide bonds. The van der Waals surface area contributed by atoms with Crippen molar-refractivity contribution in [3.63, 3.8) is 0 Å². The first-order valence-corrected chi connectivity index (χ1v) is 11.9. The van der Waals surface area contributed by atoms with Crippen LogP contribution in [0, 0.1) is 13.8 Å². The molecule has 2 aliphatic rings. The first-order chi connectivity index (χ1) is 14.2. The average molecular weight is 407 g/mol. The van der Waals surface area contributed by atoms with E-state index >= 15 is 0 Å². The van der Waals surface area contributed by atoms with E-state index in [0.29, 0.717) is 11.5 Å². The fourth-order valence-corrected chi connectivity index (χ4v) is 6.09. The molecule has 0 spiro atoms. The van der Waals surface area contributed by atoms with Crippen LogP contribution in [0.25, 0.3) is 11.1 Å². The maximum Gasteiger partial charge on any atom is 0.127 e. The van der Waals surface area contributed by atoms with Gasteiger partial charge in [-0.3, -0.25) is 0 Å². The Kier molecular flexibility index (Phi) is 5.64. The predicted octanol–water partition coefficient (Wildman–Crippen LogP) is 7.83. The molecule has 4 rings (SSSR count). The standard InChI is InChI=1S/C28H38O2/c1-19-15-21(25(29)23(17-19)27(3)11-7-5-8-12-27)22-16-20(2)18-24(26(22)30)28(4)13-9-6-10-14-28/h15-18,29-30H,5-14H2,1-4H3. The van der Waals surface area contributed by atoms with E-state index in [-0.39, 0.29) is 10.8 Å². The van der Waals surface area contributed by atoms with Crippen LogP contribution in [0.15, 0.2) is 24.3 Å². The summed E-state index contributed by atoms with van der Waals surface area (Å²) in [6.07, 6.45) is 11.9. The average Bonchev–Trinajstić information content (AvgIpc) is 2.72. The van der Waals surface area contributed by atoms with Gasteiger partial charge in [-0.25, -0.2) is 0 Å². The van der Waals surface area contributed by atoms with Crippen molar-refractivity contribution in [3.05, 3.63) is 46.5 Å². The highest BCUT2D eigenvalue weighted by Crippen LogP contribution is 2.50. The summed E-state index contributed by atoms with van der Waals surface area (Å²) in [6, 6.07) is 8.43. The summed E-state index contributed by atoms with van der Waals surface area (Å²) in [6.45, 7) is 8.81. The lowest BCUT2D eigenvalue weighted by Crippen LogP contribution is -2.26. The van der Waals surface area contributed by atoms with Crippen molar-refractivity contribution in [2.24, 2.45) is 0 Å². The molecule has 2 aromatic carbocycles. The smallest absolute Gasteiger partial charge is 0.127 e. The van der Waals surface area contributed by atoms with Gasteiger partial charge in [0.15, 0.2) is 0 Å². The molecular formula is C28H38O2. The lowest BCUT2D eigenvalue weighted by Gasteiger charge is -2.36. The largest absolute Gasteiger partial charge is 0.507 e. The van der Waals surface area contributed by atoms with Gasteiger partial charge in [0.05, 0.1) is 0 Å². The third-order valence-electron chi connectivity index (χ3n) is 8.01. The van der Waals surface area contributed by atoms with Gasteiger partial charge in [0.2, 0.25) is 0 Å². The molecule has 0 bridgehead atoms. The van der Waals surface area contributed by atoms with Crippen LogP contribution in [-0.4, -0.2) is 10.2 Å². The monoisotopic (exact) mass is 406 g/mol. The number of aryl methyl sites for hydroxylation is 2.